The molecule has 1 fully saturated rings. The molecule has 0 aliphatic carbocycles. The molecule has 0 amide bonds. The molecule has 0 saturated carbocycles. The fourth-order valence-electron chi connectivity index (χ4n) is 2.91. The van der Waals surface area contributed by atoms with Crippen LogP contribution in [0.25, 0.3) is 0 Å². The third-order valence-corrected chi connectivity index (χ3v) is 5.85. The Kier molecular flexibility index (Phi) is 6.55. The first-order valence-electron chi connectivity index (χ1n) is 8.81. The van der Waals surface area contributed by atoms with Gasteiger partial charge >= 0.3 is 16.3 Å². The van der Waals surface area contributed by atoms with Crippen molar-refractivity contribution in [1.82, 2.24) is 9.88 Å². The number of hydrogen-bond acceptors (Lipinski definition) is 6. The van der Waals surface area contributed by atoms with Gasteiger partial charge in [0.1, 0.15) is 11.6 Å². The molecule has 1 aliphatic rings. The van der Waals surface area contributed by atoms with Gasteiger partial charge < -0.3 is 9.08 Å². The molecule has 0 radical (unpaired) electrons. The molecule has 0 unspecified atom stereocenters. The van der Waals surface area contributed by atoms with Crippen LogP contribution in [0.3, 0.4) is 0 Å². The van der Waals surface area contributed by atoms with E-state index in [1.165, 1.54) is 0 Å². The Hall–Kier alpha value is -2.04. The van der Waals surface area contributed by atoms with Crippen molar-refractivity contribution in [2.75, 3.05) is 43.4 Å². The molecular formula is C18H19ClF3N3O3S. The van der Waals surface area contributed by atoms with Gasteiger partial charge in [0.2, 0.25) is 0 Å². The summed E-state index contributed by atoms with van der Waals surface area (Å²) in [6, 6.07) is 9.13. The van der Waals surface area contributed by atoms with Crippen LogP contribution in [0, 0.1) is 0 Å². The van der Waals surface area contributed by atoms with Crippen molar-refractivity contribution < 1.29 is 25.8 Å². The van der Waals surface area contributed by atoms with Crippen molar-refractivity contribution in [1.29, 1.82) is 0 Å². The molecule has 2 aromatic rings. The molecule has 0 spiro atoms. The van der Waals surface area contributed by atoms with Crippen LogP contribution in [0.1, 0.15) is 5.56 Å². The van der Waals surface area contributed by atoms with Crippen LogP contribution in [-0.4, -0.2) is 56.8 Å². The zero-order chi connectivity index (χ0) is 21.1. The van der Waals surface area contributed by atoms with Gasteiger partial charge in [0, 0.05) is 38.9 Å². The van der Waals surface area contributed by atoms with Gasteiger partial charge in [0.15, 0.2) is 0 Å². The Bertz CT molecular complexity index is 934. The SMILES string of the molecule is O=S(=O)(CCN1CCN(c2ncc(C(F)(F)F)cc2Cl)CC1)Oc1ccccc1. The maximum Gasteiger partial charge on any atom is 0.417 e. The summed E-state index contributed by atoms with van der Waals surface area (Å²) < 4.78 is 67.5. The molecule has 3 rings (SSSR count). The molecule has 0 N–H and O–H groups in total. The molecule has 6 nitrogen and oxygen atoms in total. The maximum atomic E-state index is 12.7. The van der Waals surface area contributed by atoms with Crippen molar-refractivity contribution in [3.05, 3.63) is 53.2 Å². The van der Waals surface area contributed by atoms with Gasteiger partial charge in [-0.2, -0.15) is 21.6 Å². The van der Waals surface area contributed by atoms with Crippen LogP contribution in [0.5, 0.6) is 5.75 Å². The Labute approximate surface area is 172 Å². The average Bonchev–Trinajstić information content (AvgIpc) is 2.67. The predicted molar refractivity (Wildman–Crippen MR) is 104 cm³/mol. The summed E-state index contributed by atoms with van der Waals surface area (Å²) in [5, 5.41) is -0.0629. The minimum Gasteiger partial charge on any atom is -0.382 e. The number of aromatic nitrogens is 1. The van der Waals surface area contributed by atoms with E-state index in [1.54, 1.807) is 35.2 Å². The van der Waals surface area contributed by atoms with E-state index in [2.05, 4.69) is 4.98 Å². The van der Waals surface area contributed by atoms with Crippen LogP contribution in [-0.2, 0) is 16.3 Å². The van der Waals surface area contributed by atoms with Crippen LogP contribution >= 0.6 is 11.6 Å². The van der Waals surface area contributed by atoms with E-state index < -0.39 is 21.9 Å². The van der Waals surface area contributed by atoms with E-state index in [0.717, 1.165) is 12.3 Å². The Balaban J connectivity index is 1.52. The molecule has 0 atom stereocenters. The minimum absolute atomic E-state index is 0.0629. The number of halogens is 4. The highest BCUT2D eigenvalue weighted by molar-refractivity contribution is 7.87. The Morgan fingerprint density at radius 2 is 1.76 bits per heavy atom. The molecule has 1 aromatic carbocycles. The largest absolute Gasteiger partial charge is 0.417 e. The summed E-state index contributed by atoms with van der Waals surface area (Å²) >= 11 is 5.99. The van der Waals surface area contributed by atoms with E-state index in [0.29, 0.717) is 32.0 Å². The lowest BCUT2D eigenvalue weighted by Gasteiger charge is -2.35. The molecule has 158 valence electrons. The van der Waals surface area contributed by atoms with E-state index in [1.807, 2.05) is 4.90 Å². The summed E-state index contributed by atoms with van der Waals surface area (Å²) in [4.78, 5) is 7.60. The van der Waals surface area contributed by atoms with Gasteiger partial charge in [-0.1, -0.05) is 29.8 Å². The predicted octanol–water partition coefficient (Wildman–Crippen LogP) is 3.28. The van der Waals surface area contributed by atoms with Gasteiger partial charge in [0.25, 0.3) is 0 Å². The number of para-hydroxylation sites is 1. The van der Waals surface area contributed by atoms with E-state index >= 15 is 0 Å². The van der Waals surface area contributed by atoms with Gasteiger partial charge in [-0.25, -0.2) is 4.98 Å². The second-order valence-electron chi connectivity index (χ2n) is 6.51. The molecule has 11 heteroatoms. The molecule has 1 aliphatic heterocycles. The smallest absolute Gasteiger partial charge is 0.382 e. The number of hydrogen-bond donors (Lipinski definition) is 0. The summed E-state index contributed by atoms with van der Waals surface area (Å²) in [6.07, 6.45) is -3.73. The first kappa shape index (κ1) is 21.7. The lowest BCUT2D eigenvalue weighted by atomic mass is 10.2. The highest BCUT2D eigenvalue weighted by Gasteiger charge is 2.32. The monoisotopic (exact) mass is 449 g/mol. The first-order valence-corrected chi connectivity index (χ1v) is 10.8. The van der Waals surface area contributed by atoms with Crippen LogP contribution in [0.2, 0.25) is 5.02 Å². The summed E-state index contributed by atoms with van der Waals surface area (Å²) in [5.41, 5.74) is -0.895. The standard InChI is InChI=1S/C18H19ClF3N3O3S/c19-16-12-14(18(20,21)22)13-23-17(16)25-8-6-24(7-9-25)10-11-29(26,27)28-15-4-2-1-3-5-15/h1-5,12-13H,6-11H2. The van der Waals surface area contributed by atoms with Crippen molar-refractivity contribution in [3.63, 3.8) is 0 Å². The number of anilines is 1. The number of rotatable bonds is 6. The number of alkyl halides is 3. The number of nitrogens with zero attached hydrogens (tertiary/aromatic N) is 3. The van der Waals surface area contributed by atoms with Gasteiger partial charge in [-0.3, -0.25) is 4.90 Å². The highest BCUT2D eigenvalue weighted by atomic mass is 35.5. The molecule has 29 heavy (non-hydrogen) atoms. The molecule has 0 bridgehead atoms. The van der Waals surface area contributed by atoms with Crippen LogP contribution < -0.4 is 9.08 Å². The lowest BCUT2D eigenvalue weighted by molar-refractivity contribution is -0.137. The lowest BCUT2D eigenvalue weighted by Crippen LogP contribution is -2.48. The van der Waals surface area contributed by atoms with E-state index in [9.17, 15) is 21.6 Å². The van der Waals surface area contributed by atoms with Crippen LogP contribution in [0.15, 0.2) is 42.6 Å². The Morgan fingerprint density at radius 3 is 2.34 bits per heavy atom. The highest BCUT2D eigenvalue weighted by Crippen LogP contribution is 2.33. The fourth-order valence-corrected chi connectivity index (χ4v) is 4.16. The molecule has 1 aromatic heterocycles. The molecule has 2 heterocycles. The first-order chi connectivity index (χ1) is 13.6. The quantitative estimate of drug-likeness (QED) is 0.631. The van der Waals surface area contributed by atoms with Crippen molar-refractivity contribution >= 4 is 27.5 Å². The fraction of sp³-hybridized carbons (Fsp3) is 0.389. The number of benzene rings is 1. The van der Waals surface area contributed by atoms with Gasteiger partial charge in [-0.15, -0.1) is 0 Å². The van der Waals surface area contributed by atoms with E-state index in [4.69, 9.17) is 15.8 Å². The number of pyridine rings is 1. The average molecular weight is 450 g/mol. The minimum atomic E-state index is -4.50. The third-order valence-electron chi connectivity index (χ3n) is 4.44. The summed E-state index contributed by atoms with van der Waals surface area (Å²) in [7, 11) is -3.72. The molecular weight excluding hydrogens is 431 g/mol. The topological polar surface area (TPSA) is 62.7 Å². The van der Waals surface area contributed by atoms with Crippen molar-refractivity contribution in [2.45, 2.75) is 6.18 Å². The van der Waals surface area contributed by atoms with Crippen molar-refractivity contribution in [2.24, 2.45) is 0 Å². The van der Waals surface area contributed by atoms with Crippen LogP contribution in [0.4, 0.5) is 19.0 Å². The summed E-state index contributed by atoms with van der Waals surface area (Å²) in [5.74, 6) is 0.390. The maximum absolute atomic E-state index is 12.7. The second-order valence-corrected chi connectivity index (χ2v) is 8.61. The van der Waals surface area contributed by atoms with E-state index in [-0.39, 0.29) is 23.1 Å². The number of piperazine rings is 1. The third kappa shape index (κ3) is 5.97. The normalized spacial score (nSPS) is 16.1. The van der Waals surface area contributed by atoms with Gasteiger partial charge in [0.05, 0.1) is 16.3 Å². The zero-order valence-corrected chi connectivity index (χ0v) is 16.8. The zero-order valence-electron chi connectivity index (χ0n) is 15.3. The summed E-state index contributed by atoms with van der Waals surface area (Å²) in [6.45, 7) is 2.28. The van der Waals surface area contributed by atoms with Crippen molar-refractivity contribution in [3.8, 4) is 5.75 Å². The second kappa shape index (κ2) is 8.76. The molecule has 1 saturated heterocycles. The van der Waals surface area contributed by atoms with Gasteiger partial charge in [-0.05, 0) is 18.2 Å². The Morgan fingerprint density at radius 1 is 1.10 bits per heavy atom.